The van der Waals surface area contributed by atoms with E-state index in [0.29, 0.717) is 6.54 Å². The van der Waals surface area contributed by atoms with Crippen molar-refractivity contribution in [2.45, 2.75) is 37.8 Å². The van der Waals surface area contributed by atoms with E-state index >= 15 is 0 Å². The van der Waals surface area contributed by atoms with E-state index in [4.69, 9.17) is 23.8 Å². The number of hydrogen-bond acceptors (Lipinski definition) is 13. The Kier molecular flexibility index (Phi) is 10.6. The van der Waals surface area contributed by atoms with Crippen LogP contribution in [0.2, 0.25) is 0 Å². The van der Waals surface area contributed by atoms with Crippen molar-refractivity contribution in [2.75, 3.05) is 31.3 Å². The van der Waals surface area contributed by atoms with Crippen molar-refractivity contribution < 1.29 is 56.7 Å². The molecule has 5 rings (SSSR count). The Morgan fingerprint density at radius 3 is 2.59 bits per heavy atom. The summed E-state index contributed by atoms with van der Waals surface area (Å²) in [5.74, 6) is -1.17. The summed E-state index contributed by atoms with van der Waals surface area (Å²) in [6.45, 7) is 0.822. The first kappa shape index (κ1) is 33.7. The quantitative estimate of drug-likeness (QED) is 0.132. The average molecular weight is 684 g/mol. The summed E-state index contributed by atoms with van der Waals surface area (Å²) >= 11 is 0. The molecule has 4 unspecified atom stereocenters. The summed E-state index contributed by atoms with van der Waals surface area (Å²) in [7, 11) is -9.94. The molecular formula is C25H31N7O12P2. The molecule has 248 valence electrons. The number of urea groups is 1. The van der Waals surface area contributed by atoms with Gasteiger partial charge in [0.25, 0.3) is 0 Å². The molecule has 19 nitrogen and oxygen atoms in total. The van der Waals surface area contributed by atoms with E-state index in [-0.39, 0.29) is 17.0 Å². The fourth-order valence-corrected chi connectivity index (χ4v) is 7.13. The first-order valence-electron chi connectivity index (χ1n) is 13.8. The van der Waals surface area contributed by atoms with Crippen LogP contribution in [0.3, 0.4) is 0 Å². The van der Waals surface area contributed by atoms with Gasteiger partial charge in [-0.25, -0.2) is 28.6 Å². The second-order valence-corrected chi connectivity index (χ2v) is 13.3. The minimum atomic E-state index is -5.16. The Labute approximate surface area is 261 Å². The van der Waals surface area contributed by atoms with Crippen molar-refractivity contribution in [3.63, 3.8) is 0 Å². The lowest BCUT2D eigenvalue weighted by Crippen LogP contribution is -2.31. The molecule has 6 N–H and O–H groups in total. The number of amides is 2. The van der Waals surface area contributed by atoms with Gasteiger partial charge < -0.3 is 34.4 Å². The summed E-state index contributed by atoms with van der Waals surface area (Å²) in [5.41, 5.74) is 1.40. The maximum absolute atomic E-state index is 12.6. The Balaban J connectivity index is 1.35. The lowest BCUT2D eigenvalue weighted by molar-refractivity contribution is -0.135. The number of carbonyl (C=O) groups is 2. The first-order chi connectivity index (χ1) is 21.9. The summed E-state index contributed by atoms with van der Waals surface area (Å²) < 4.78 is 54.1. The van der Waals surface area contributed by atoms with Crippen molar-refractivity contribution in [3.05, 3.63) is 54.6 Å². The number of hydrogen-bond donors (Lipinski definition) is 6. The van der Waals surface area contributed by atoms with Crippen LogP contribution in [0, 0.1) is 0 Å². The van der Waals surface area contributed by atoms with Gasteiger partial charge >= 0.3 is 27.4 Å². The van der Waals surface area contributed by atoms with E-state index in [0.717, 1.165) is 5.56 Å². The van der Waals surface area contributed by atoms with Crippen LogP contribution in [0.25, 0.3) is 17.2 Å². The van der Waals surface area contributed by atoms with Crippen molar-refractivity contribution in [3.8, 4) is 0 Å². The first-order valence-corrected chi connectivity index (χ1v) is 17.1. The van der Waals surface area contributed by atoms with E-state index < -0.39 is 77.7 Å². The van der Waals surface area contributed by atoms with Crippen LogP contribution in [0.4, 0.5) is 10.6 Å². The maximum atomic E-state index is 12.6. The highest BCUT2D eigenvalue weighted by Crippen LogP contribution is 2.59. The Hall–Kier alpha value is -3.61. The number of fused-ring (bicyclic) bond motifs is 2. The molecule has 2 fully saturated rings. The molecule has 2 aromatic heterocycles. The van der Waals surface area contributed by atoms with E-state index in [9.17, 15) is 28.5 Å². The molecule has 2 amide bonds. The van der Waals surface area contributed by atoms with Gasteiger partial charge in [0.05, 0.1) is 25.8 Å². The molecule has 46 heavy (non-hydrogen) atoms. The Bertz CT molecular complexity index is 1680. The highest BCUT2D eigenvalue weighted by atomic mass is 31.3. The number of aromatic nitrogens is 4. The number of ether oxygens (including phenoxy) is 3. The predicted octanol–water partition coefficient (Wildman–Crippen LogP) is 1.64. The van der Waals surface area contributed by atoms with Crippen molar-refractivity contribution in [2.24, 2.45) is 0 Å². The van der Waals surface area contributed by atoms with Crippen LogP contribution in [0.1, 0.15) is 18.7 Å². The second kappa shape index (κ2) is 14.4. The molecule has 0 saturated carbocycles. The predicted molar refractivity (Wildman–Crippen MR) is 158 cm³/mol. The zero-order valence-corrected chi connectivity index (χ0v) is 25.9. The zero-order valence-electron chi connectivity index (χ0n) is 24.1. The lowest BCUT2D eigenvalue weighted by Gasteiger charge is -2.21. The van der Waals surface area contributed by atoms with Crippen LogP contribution >= 0.6 is 15.4 Å². The topological polar surface area (TPSA) is 255 Å². The Morgan fingerprint density at radius 1 is 1.09 bits per heavy atom. The van der Waals surface area contributed by atoms with Gasteiger partial charge in [-0.1, -0.05) is 36.4 Å². The summed E-state index contributed by atoms with van der Waals surface area (Å²) in [4.78, 5) is 55.5. The van der Waals surface area contributed by atoms with Gasteiger partial charge in [-0.2, -0.15) is 0 Å². The number of rotatable bonds is 14. The molecule has 1 aromatic carbocycles. The van der Waals surface area contributed by atoms with Gasteiger partial charge in [0.2, 0.25) is 0 Å². The molecule has 0 aliphatic carbocycles. The third kappa shape index (κ3) is 8.40. The molecule has 4 heterocycles. The number of benzene rings is 1. The largest absolute Gasteiger partial charge is 0.480 e. The number of carboxylic acids is 1. The number of aliphatic carboxylic acids is 1. The molecule has 0 bridgehead atoms. The van der Waals surface area contributed by atoms with Crippen molar-refractivity contribution >= 4 is 50.5 Å². The second-order valence-electron chi connectivity index (χ2n) is 9.90. The third-order valence-corrected chi connectivity index (χ3v) is 9.48. The van der Waals surface area contributed by atoms with E-state index in [1.54, 1.807) is 19.1 Å². The average Bonchev–Trinajstić information content (AvgIpc) is 3.69. The smallest absolute Gasteiger partial charge is 0.479 e. The highest BCUT2D eigenvalue weighted by Gasteiger charge is 2.54. The fraction of sp³-hybridized carbons (Fsp3) is 0.400. The van der Waals surface area contributed by atoms with Crippen molar-refractivity contribution in [1.29, 1.82) is 0 Å². The molecule has 21 heteroatoms. The number of phosphoric ester groups is 1. The summed E-state index contributed by atoms with van der Waals surface area (Å²) in [6, 6.07) is 8.88. The standard InChI is InChI=1S/C25H31N7O12P2/c1-2-27-25(35)31-22-19-23(29-12-28-22)32(13-30-19)24-21-20(42-18(43-21)9-8-15-6-4-3-5-7-15)16(41-24)11-40-46(38,39)44-45(36,37)14-26-10-17(33)34/h3-9,12-13,16,18,20-21,24,26H,2,10-11,14H2,1H3,(H,33,34)(H,36,37)(H,38,39)(H2,27,28,29,31,35)/b9-8+/t16-,18+,20?,21?,24-/m1/s1. The molecule has 2 aliphatic heterocycles. The molecule has 0 radical (unpaired) electrons. The minimum Gasteiger partial charge on any atom is -0.480 e. The molecule has 3 aromatic rings. The molecule has 2 aliphatic rings. The zero-order chi connectivity index (χ0) is 32.9. The van der Waals surface area contributed by atoms with E-state index in [2.05, 4.69) is 35.2 Å². The molecule has 7 atom stereocenters. The monoisotopic (exact) mass is 683 g/mol. The SMILES string of the molecule is CCNC(=O)Nc1ncnc2c1ncn2[C@@H]1O[C@H](COP(=O)(O)OP(=O)(O)CNCC(=O)O)C2O[C@H](/C=C/c3ccccc3)OC21. The number of carboxylic acid groups (broad SMARTS) is 1. The van der Waals surface area contributed by atoms with Gasteiger partial charge in [-0.05, 0) is 18.6 Å². The molecule has 0 spiro atoms. The van der Waals surface area contributed by atoms with Crippen molar-refractivity contribution in [1.82, 2.24) is 30.2 Å². The van der Waals surface area contributed by atoms with Crippen LogP contribution in [-0.2, 0) is 37.0 Å². The summed E-state index contributed by atoms with van der Waals surface area (Å²) in [5, 5.41) is 16.0. The number of imidazole rings is 1. The lowest BCUT2D eigenvalue weighted by atomic mass is 10.1. The van der Waals surface area contributed by atoms with Gasteiger partial charge in [0, 0.05) is 6.54 Å². The van der Waals surface area contributed by atoms with Crippen LogP contribution in [0.15, 0.2) is 49.1 Å². The van der Waals surface area contributed by atoms with Gasteiger partial charge in [0.15, 0.2) is 29.5 Å². The van der Waals surface area contributed by atoms with Crippen LogP contribution in [-0.4, -0.2) is 97.0 Å². The fourth-order valence-electron chi connectivity index (χ4n) is 4.69. The molecular weight excluding hydrogens is 652 g/mol. The normalized spacial score (nSPS) is 25.2. The van der Waals surface area contributed by atoms with Gasteiger partial charge in [0.1, 0.15) is 24.6 Å². The minimum absolute atomic E-state index is 0.140. The number of carbonyl (C=O) groups excluding carboxylic acids is 1. The number of phosphoric acid groups is 1. The van der Waals surface area contributed by atoms with Gasteiger partial charge in [-0.3, -0.25) is 29.1 Å². The van der Waals surface area contributed by atoms with Gasteiger partial charge in [-0.15, -0.1) is 0 Å². The van der Waals surface area contributed by atoms with Crippen LogP contribution in [0.5, 0.6) is 0 Å². The third-order valence-electron chi connectivity index (χ3n) is 6.54. The Morgan fingerprint density at radius 2 is 1.85 bits per heavy atom. The maximum Gasteiger partial charge on any atom is 0.479 e. The molecule has 2 saturated heterocycles. The highest BCUT2D eigenvalue weighted by molar-refractivity contribution is 7.63. The van der Waals surface area contributed by atoms with Crippen LogP contribution < -0.4 is 16.0 Å². The number of nitrogens with zero attached hydrogens (tertiary/aromatic N) is 4. The number of anilines is 1. The number of nitrogens with one attached hydrogen (secondary N) is 3. The van der Waals surface area contributed by atoms with E-state index in [1.165, 1.54) is 17.2 Å². The van der Waals surface area contributed by atoms with E-state index in [1.807, 2.05) is 30.3 Å². The summed E-state index contributed by atoms with van der Waals surface area (Å²) in [6.07, 6.45) is 0.586.